The quantitative estimate of drug-likeness (QED) is 0.215. The topological polar surface area (TPSA) is 42.4 Å². The van der Waals surface area contributed by atoms with E-state index in [0.29, 0.717) is 5.89 Å². The average molecular weight is 559 g/mol. The number of anilines is 3. The molecule has 0 saturated carbocycles. The molecule has 6 aromatic carbocycles. The molecule has 0 spiro atoms. The van der Waals surface area contributed by atoms with E-state index in [1.54, 1.807) is 11.3 Å². The SMILES string of the molecule is c1ccc(-c2nc3cc4c(cc3o2)sc2ccc(N(c3ccccc3)c3ccc5oc6ccccc6c5c3)cc24)cc1. The molecule has 42 heavy (non-hydrogen) atoms. The van der Waals surface area contributed by atoms with Gasteiger partial charge in [0.2, 0.25) is 5.89 Å². The lowest BCUT2D eigenvalue weighted by Crippen LogP contribution is -2.09. The fourth-order valence-electron chi connectivity index (χ4n) is 5.91. The van der Waals surface area contributed by atoms with Crippen molar-refractivity contribution < 1.29 is 8.83 Å². The van der Waals surface area contributed by atoms with Crippen LogP contribution in [0.15, 0.2) is 142 Å². The van der Waals surface area contributed by atoms with E-state index in [1.807, 2.05) is 42.5 Å². The van der Waals surface area contributed by atoms with Crippen LogP contribution in [-0.4, -0.2) is 4.98 Å². The maximum absolute atomic E-state index is 6.17. The lowest BCUT2D eigenvalue weighted by molar-refractivity contribution is 0.620. The minimum Gasteiger partial charge on any atom is -0.456 e. The molecule has 4 nitrogen and oxygen atoms in total. The fourth-order valence-corrected chi connectivity index (χ4v) is 7.00. The lowest BCUT2D eigenvalue weighted by Gasteiger charge is -2.25. The van der Waals surface area contributed by atoms with Crippen molar-refractivity contribution in [2.45, 2.75) is 0 Å². The maximum atomic E-state index is 6.17. The second-order valence-corrected chi connectivity index (χ2v) is 11.5. The number of nitrogens with zero attached hydrogens (tertiary/aromatic N) is 2. The van der Waals surface area contributed by atoms with Crippen molar-refractivity contribution in [3.63, 3.8) is 0 Å². The summed E-state index contributed by atoms with van der Waals surface area (Å²) in [6.07, 6.45) is 0. The van der Waals surface area contributed by atoms with Crippen LogP contribution in [0.1, 0.15) is 0 Å². The van der Waals surface area contributed by atoms with Crippen molar-refractivity contribution in [2.75, 3.05) is 4.90 Å². The summed E-state index contributed by atoms with van der Waals surface area (Å²) in [5.74, 6) is 0.644. The molecule has 0 aliphatic carbocycles. The predicted molar refractivity (Wildman–Crippen MR) is 174 cm³/mol. The number of thiophene rings is 1. The molecule has 0 radical (unpaired) electrons. The second kappa shape index (κ2) is 9.06. The summed E-state index contributed by atoms with van der Waals surface area (Å²) in [4.78, 5) is 7.15. The number of para-hydroxylation sites is 2. The number of fused-ring (bicyclic) bond motifs is 7. The Morgan fingerprint density at radius 2 is 1.17 bits per heavy atom. The molecule has 0 saturated heterocycles. The number of benzene rings is 6. The van der Waals surface area contributed by atoms with Gasteiger partial charge in [0.25, 0.3) is 0 Å². The minimum absolute atomic E-state index is 0.644. The van der Waals surface area contributed by atoms with Gasteiger partial charge < -0.3 is 13.7 Å². The normalized spacial score (nSPS) is 11.8. The van der Waals surface area contributed by atoms with E-state index in [9.17, 15) is 0 Å². The van der Waals surface area contributed by atoms with Crippen molar-refractivity contribution >= 4 is 81.6 Å². The Kier molecular flexibility index (Phi) is 5.03. The molecular formula is C37H22N2O2S. The average Bonchev–Trinajstić information content (AvgIpc) is 3.73. The third-order valence-corrected chi connectivity index (χ3v) is 9.01. The molecule has 3 aromatic heterocycles. The monoisotopic (exact) mass is 558 g/mol. The Hall–Kier alpha value is -5.39. The van der Waals surface area contributed by atoms with Gasteiger partial charge in [-0.15, -0.1) is 11.3 Å². The van der Waals surface area contributed by atoms with Crippen LogP contribution in [-0.2, 0) is 0 Å². The van der Waals surface area contributed by atoms with Crippen molar-refractivity contribution in [3.05, 3.63) is 133 Å². The molecule has 9 rings (SSSR count). The molecule has 0 atom stereocenters. The van der Waals surface area contributed by atoms with Gasteiger partial charge in [-0.25, -0.2) is 4.98 Å². The Bertz CT molecular complexity index is 2420. The molecule has 0 aliphatic heterocycles. The highest BCUT2D eigenvalue weighted by molar-refractivity contribution is 7.25. The van der Waals surface area contributed by atoms with Crippen LogP contribution >= 0.6 is 11.3 Å². The maximum Gasteiger partial charge on any atom is 0.227 e. The summed E-state index contributed by atoms with van der Waals surface area (Å²) < 4.78 is 14.7. The highest BCUT2D eigenvalue weighted by Crippen LogP contribution is 2.43. The van der Waals surface area contributed by atoms with Gasteiger partial charge in [0.15, 0.2) is 5.58 Å². The number of furan rings is 1. The van der Waals surface area contributed by atoms with Gasteiger partial charge in [-0.3, -0.25) is 0 Å². The molecular weight excluding hydrogens is 536 g/mol. The van der Waals surface area contributed by atoms with Crippen LogP contribution in [0.5, 0.6) is 0 Å². The summed E-state index contributed by atoms with van der Waals surface area (Å²) in [5, 5.41) is 4.61. The van der Waals surface area contributed by atoms with E-state index in [2.05, 4.69) is 95.9 Å². The van der Waals surface area contributed by atoms with E-state index < -0.39 is 0 Å². The first-order valence-electron chi connectivity index (χ1n) is 13.9. The zero-order valence-electron chi connectivity index (χ0n) is 22.3. The van der Waals surface area contributed by atoms with E-state index in [1.165, 1.54) is 20.2 Å². The smallest absolute Gasteiger partial charge is 0.227 e. The largest absolute Gasteiger partial charge is 0.456 e. The number of rotatable bonds is 4. The Morgan fingerprint density at radius 3 is 2.02 bits per heavy atom. The van der Waals surface area contributed by atoms with Gasteiger partial charge in [0.1, 0.15) is 16.7 Å². The highest BCUT2D eigenvalue weighted by atomic mass is 32.1. The number of oxazole rings is 1. The molecule has 0 aliphatic rings. The van der Waals surface area contributed by atoms with E-state index in [4.69, 9.17) is 13.8 Å². The molecule has 0 bridgehead atoms. The van der Waals surface area contributed by atoms with E-state index >= 15 is 0 Å². The van der Waals surface area contributed by atoms with Crippen LogP contribution in [0.2, 0.25) is 0 Å². The molecule has 0 N–H and O–H groups in total. The van der Waals surface area contributed by atoms with Crippen molar-refractivity contribution in [1.82, 2.24) is 4.98 Å². The second-order valence-electron chi connectivity index (χ2n) is 10.4. The molecule has 3 heterocycles. The van der Waals surface area contributed by atoms with Gasteiger partial charge in [0.05, 0.1) is 0 Å². The highest BCUT2D eigenvalue weighted by Gasteiger charge is 2.18. The van der Waals surface area contributed by atoms with Gasteiger partial charge in [0, 0.05) is 59.6 Å². The van der Waals surface area contributed by atoms with Crippen LogP contribution in [0, 0.1) is 0 Å². The lowest BCUT2D eigenvalue weighted by atomic mass is 10.1. The van der Waals surface area contributed by atoms with Gasteiger partial charge in [-0.1, -0.05) is 54.6 Å². The van der Waals surface area contributed by atoms with Gasteiger partial charge in [-0.05, 0) is 72.8 Å². The zero-order valence-corrected chi connectivity index (χ0v) is 23.1. The molecule has 5 heteroatoms. The first-order chi connectivity index (χ1) is 20.8. The molecule has 0 fully saturated rings. The predicted octanol–water partition coefficient (Wildman–Crippen LogP) is 11.2. The zero-order chi connectivity index (χ0) is 27.6. The summed E-state index contributed by atoms with van der Waals surface area (Å²) in [6.45, 7) is 0. The Balaban J connectivity index is 1.23. The third-order valence-electron chi connectivity index (χ3n) is 7.87. The van der Waals surface area contributed by atoms with Crippen molar-refractivity contribution in [3.8, 4) is 11.5 Å². The van der Waals surface area contributed by atoms with E-state index in [0.717, 1.165) is 55.7 Å². The van der Waals surface area contributed by atoms with Crippen LogP contribution in [0.3, 0.4) is 0 Å². The van der Waals surface area contributed by atoms with Crippen LogP contribution in [0.25, 0.3) is 64.7 Å². The first kappa shape index (κ1) is 23.3. The minimum atomic E-state index is 0.644. The summed E-state index contributed by atoms with van der Waals surface area (Å²) >= 11 is 1.78. The summed E-state index contributed by atoms with van der Waals surface area (Å²) in [7, 11) is 0. The van der Waals surface area contributed by atoms with Gasteiger partial charge >= 0.3 is 0 Å². The van der Waals surface area contributed by atoms with Crippen molar-refractivity contribution in [2.24, 2.45) is 0 Å². The van der Waals surface area contributed by atoms with Crippen LogP contribution < -0.4 is 4.90 Å². The number of hydrogen-bond acceptors (Lipinski definition) is 5. The van der Waals surface area contributed by atoms with E-state index in [-0.39, 0.29) is 0 Å². The fraction of sp³-hybridized carbons (Fsp3) is 0. The molecule has 198 valence electrons. The number of hydrogen-bond donors (Lipinski definition) is 0. The Labute approximate surface area is 244 Å². The Morgan fingerprint density at radius 1 is 0.476 bits per heavy atom. The van der Waals surface area contributed by atoms with Crippen LogP contribution in [0.4, 0.5) is 17.1 Å². The third kappa shape index (κ3) is 3.64. The first-order valence-corrected chi connectivity index (χ1v) is 14.7. The summed E-state index contributed by atoms with van der Waals surface area (Å²) in [6, 6.07) is 46.2. The van der Waals surface area contributed by atoms with Crippen molar-refractivity contribution in [1.29, 1.82) is 0 Å². The standard InChI is InChI=1S/C37H22N2O2S/c1-3-9-23(10-4-1)37-38-31-21-30-29-20-26(16-18-35(29)42-36(30)22-34(31)41-37)39(24-11-5-2-6-12-24)25-15-17-33-28(19-25)27-13-7-8-14-32(27)40-33/h1-22H. The summed E-state index contributed by atoms with van der Waals surface area (Å²) in [5.41, 5.74) is 7.69. The number of aromatic nitrogens is 1. The van der Waals surface area contributed by atoms with Gasteiger partial charge in [-0.2, -0.15) is 0 Å². The molecule has 9 aromatic rings. The molecule has 0 unspecified atom stereocenters. The molecule has 0 amide bonds.